The Morgan fingerprint density at radius 3 is 3.13 bits per heavy atom. The van der Waals surface area contributed by atoms with E-state index in [1.807, 2.05) is 32.0 Å². The molecule has 2 atom stereocenters. The molecule has 3 rings (SSSR count). The minimum atomic E-state index is -0.419. The predicted octanol–water partition coefficient (Wildman–Crippen LogP) is 2.32. The first kappa shape index (κ1) is 16.3. The zero-order valence-electron chi connectivity index (χ0n) is 13.6. The number of aromatic nitrogens is 1. The zero-order valence-corrected chi connectivity index (χ0v) is 14.4. The highest BCUT2D eigenvalue weighted by atomic mass is 32.2. The molecule has 0 bridgehead atoms. The molecule has 0 aromatic carbocycles. The molecular weight excluding hydrogens is 312 g/mol. The van der Waals surface area contributed by atoms with Crippen molar-refractivity contribution in [3.05, 3.63) is 29.6 Å². The van der Waals surface area contributed by atoms with E-state index in [-0.39, 0.29) is 16.7 Å². The van der Waals surface area contributed by atoms with Crippen LogP contribution >= 0.6 is 11.8 Å². The first-order valence-electron chi connectivity index (χ1n) is 8.05. The number of fused-ring (bicyclic) bond motifs is 1. The summed E-state index contributed by atoms with van der Waals surface area (Å²) < 4.78 is 5.41. The number of hydrogen-bond donors (Lipinski definition) is 0. The summed E-state index contributed by atoms with van der Waals surface area (Å²) in [6.07, 6.45) is 2.88. The topological polar surface area (TPSA) is 59.5 Å². The quantitative estimate of drug-likeness (QED) is 0.611. The number of esters is 1. The maximum atomic E-state index is 12.3. The molecule has 5 nitrogen and oxygen atoms in total. The van der Waals surface area contributed by atoms with Crippen molar-refractivity contribution in [2.75, 3.05) is 12.4 Å². The number of ether oxygens (including phenoxy) is 1. The lowest BCUT2D eigenvalue weighted by molar-refractivity contribution is -0.153. The van der Waals surface area contributed by atoms with E-state index in [2.05, 4.69) is 4.98 Å². The van der Waals surface area contributed by atoms with Gasteiger partial charge in [0.15, 0.2) is 0 Å². The van der Waals surface area contributed by atoms with Crippen molar-refractivity contribution in [2.24, 2.45) is 0 Å². The molecule has 0 saturated carbocycles. The largest absolute Gasteiger partial charge is 0.464 e. The fraction of sp³-hybridized carbons (Fsp3) is 0.588. The van der Waals surface area contributed by atoms with Gasteiger partial charge in [0.2, 0.25) is 5.91 Å². The second kappa shape index (κ2) is 6.51. The molecule has 2 aliphatic rings. The summed E-state index contributed by atoms with van der Waals surface area (Å²) >= 11 is 1.69. The lowest BCUT2D eigenvalue weighted by atomic mass is 10.2. The molecule has 0 N–H and O–H groups in total. The van der Waals surface area contributed by atoms with Crippen LogP contribution in [0.15, 0.2) is 18.2 Å². The number of hydrogen-bond acceptors (Lipinski definition) is 5. The molecule has 23 heavy (non-hydrogen) atoms. The minimum Gasteiger partial charge on any atom is -0.464 e. The highest BCUT2D eigenvalue weighted by Gasteiger charge is 2.53. The normalized spacial score (nSPS) is 26.4. The molecule has 0 radical (unpaired) electrons. The second-order valence-electron chi connectivity index (χ2n) is 6.31. The number of pyridine rings is 1. The van der Waals surface area contributed by atoms with Gasteiger partial charge in [0, 0.05) is 23.6 Å². The second-order valence-corrected chi connectivity index (χ2v) is 7.81. The molecule has 124 valence electrons. The summed E-state index contributed by atoms with van der Waals surface area (Å²) in [5.74, 6) is 0.442. The van der Waals surface area contributed by atoms with Crippen molar-refractivity contribution in [1.29, 1.82) is 0 Å². The van der Waals surface area contributed by atoms with Gasteiger partial charge in [-0.2, -0.15) is 0 Å². The van der Waals surface area contributed by atoms with Gasteiger partial charge in [-0.25, -0.2) is 4.79 Å². The number of amides is 1. The Bertz CT molecular complexity index is 622. The van der Waals surface area contributed by atoms with Crippen molar-refractivity contribution in [3.63, 3.8) is 0 Å². The molecule has 3 heterocycles. The van der Waals surface area contributed by atoms with E-state index in [1.165, 1.54) is 0 Å². The van der Waals surface area contributed by atoms with E-state index in [0.717, 1.165) is 30.7 Å². The number of nitrogens with zero attached hydrogens (tertiary/aromatic N) is 2. The molecule has 1 amide bonds. The van der Waals surface area contributed by atoms with Crippen LogP contribution in [0, 0.1) is 6.92 Å². The van der Waals surface area contributed by atoms with Crippen LogP contribution in [-0.4, -0.2) is 45.0 Å². The molecule has 0 aliphatic carbocycles. The third kappa shape index (κ3) is 3.37. The molecule has 0 spiro atoms. The molecule has 6 heteroatoms. The lowest BCUT2D eigenvalue weighted by Gasteiger charge is -2.29. The van der Waals surface area contributed by atoms with Crippen molar-refractivity contribution in [2.45, 2.75) is 50.4 Å². The van der Waals surface area contributed by atoms with E-state index in [1.54, 1.807) is 16.7 Å². The Morgan fingerprint density at radius 1 is 1.52 bits per heavy atom. The number of rotatable bonds is 5. The fourth-order valence-corrected chi connectivity index (χ4v) is 4.67. The molecule has 2 saturated heterocycles. The van der Waals surface area contributed by atoms with Gasteiger partial charge in [-0.1, -0.05) is 6.07 Å². The molecule has 1 aromatic rings. The summed E-state index contributed by atoms with van der Waals surface area (Å²) in [5.41, 5.74) is 2.01. The zero-order chi connectivity index (χ0) is 16.4. The summed E-state index contributed by atoms with van der Waals surface area (Å²) in [6.45, 7) is 4.37. The first-order chi connectivity index (χ1) is 11.0. The number of carbonyl (C=O) groups is 2. The average molecular weight is 334 g/mol. The van der Waals surface area contributed by atoms with Crippen molar-refractivity contribution >= 4 is 23.6 Å². The monoisotopic (exact) mass is 334 g/mol. The van der Waals surface area contributed by atoms with Crippen LogP contribution < -0.4 is 0 Å². The molecule has 2 unspecified atom stereocenters. The standard InChI is InChI=1S/C17H22N2O3S/c1-12-5-3-6-13(18-12)7-4-10-22-16(21)14-11-23-17(2)9-8-15(20)19(14)17/h3,5-6,14H,4,7-11H2,1-2H3. The number of carbonyl (C=O) groups excluding carboxylic acids is 2. The summed E-state index contributed by atoms with van der Waals surface area (Å²) in [7, 11) is 0. The van der Waals surface area contributed by atoms with Crippen molar-refractivity contribution in [1.82, 2.24) is 9.88 Å². The Balaban J connectivity index is 1.47. The maximum Gasteiger partial charge on any atom is 0.329 e. The third-order valence-electron chi connectivity index (χ3n) is 4.48. The summed E-state index contributed by atoms with van der Waals surface area (Å²) in [4.78, 5) is 30.3. The van der Waals surface area contributed by atoms with Gasteiger partial charge in [0.05, 0.1) is 11.5 Å². The smallest absolute Gasteiger partial charge is 0.329 e. The average Bonchev–Trinajstić information content (AvgIpc) is 3.00. The van der Waals surface area contributed by atoms with Crippen LogP contribution in [0.2, 0.25) is 0 Å². The molecule has 1 aromatic heterocycles. The third-order valence-corrected chi connectivity index (χ3v) is 5.99. The first-order valence-corrected chi connectivity index (χ1v) is 9.03. The van der Waals surface area contributed by atoms with E-state index in [0.29, 0.717) is 18.8 Å². The van der Waals surface area contributed by atoms with Crippen molar-refractivity contribution in [3.8, 4) is 0 Å². The van der Waals surface area contributed by atoms with Gasteiger partial charge < -0.3 is 9.64 Å². The minimum absolute atomic E-state index is 0.0726. The van der Waals surface area contributed by atoms with Gasteiger partial charge in [-0.3, -0.25) is 9.78 Å². The Morgan fingerprint density at radius 2 is 2.35 bits per heavy atom. The lowest BCUT2D eigenvalue weighted by Crippen LogP contribution is -2.46. The van der Waals surface area contributed by atoms with Crippen molar-refractivity contribution < 1.29 is 14.3 Å². The number of aryl methyl sites for hydroxylation is 2. The van der Waals surface area contributed by atoms with E-state index < -0.39 is 6.04 Å². The summed E-state index contributed by atoms with van der Waals surface area (Å²) in [5, 5.41) is 0. The highest BCUT2D eigenvalue weighted by molar-refractivity contribution is 8.01. The van der Waals surface area contributed by atoms with Gasteiger partial charge in [-0.15, -0.1) is 11.8 Å². The van der Waals surface area contributed by atoms with E-state index in [4.69, 9.17) is 4.74 Å². The Labute approximate surface area is 140 Å². The fourth-order valence-electron chi connectivity index (χ4n) is 3.26. The highest BCUT2D eigenvalue weighted by Crippen LogP contribution is 2.47. The van der Waals surface area contributed by atoms with E-state index in [9.17, 15) is 9.59 Å². The Kier molecular flexibility index (Phi) is 4.62. The maximum absolute atomic E-state index is 12.3. The van der Waals surface area contributed by atoms with E-state index >= 15 is 0 Å². The van der Waals surface area contributed by atoms with Crippen LogP contribution in [0.5, 0.6) is 0 Å². The van der Waals surface area contributed by atoms with Gasteiger partial charge in [0.25, 0.3) is 0 Å². The van der Waals surface area contributed by atoms with Crippen LogP contribution in [0.3, 0.4) is 0 Å². The molecule has 2 aliphatic heterocycles. The van der Waals surface area contributed by atoms with Gasteiger partial charge in [-0.05, 0) is 45.2 Å². The van der Waals surface area contributed by atoms with Crippen LogP contribution in [0.1, 0.15) is 37.6 Å². The Hall–Kier alpha value is -1.56. The van der Waals surface area contributed by atoms with Gasteiger partial charge in [0.1, 0.15) is 6.04 Å². The van der Waals surface area contributed by atoms with Gasteiger partial charge >= 0.3 is 5.97 Å². The van der Waals surface area contributed by atoms with Crippen LogP contribution in [0.4, 0.5) is 0 Å². The molecule has 2 fully saturated rings. The predicted molar refractivity (Wildman–Crippen MR) is 89.0 cm³/mol. The van der Waals surface area contributed by atoms with Crippen LogP contribution in [-0.2, 0) is 20.7 Å². The SMILES string of the molecule is Cc1cccc(CCCOC(=O)C2CSC3(C)CCC(=O)N23)n1. The van der Waals surface area contributed by atoms with Crippen LogP contribution in [0.25, 0.3) is 0 Å². The molecular formula is C17H22N2O3S. The number of thioether (sulfide) groups is 1. The summed E-state index contributed by atoms with van der Waals surface area (Å²) in [6, 6.07) is 5.51.